The number of aromatic nitrogens is 4. The lowest BCUT2D eigenvalue weighted by atomic mass is 10.3. The molecule has 0 spiro atoms. The highest BCUT2D eigenvalue weighted by Gasteiger charge is 2.27. The lowest BCUT2D eigenvalue weighted by Gasteiger charge is -2.35. The van der Waals surface area contributed by atoms with Gasteiger partial charge in [0.2, 0.25) is 0 Å². The zero-order valence-corrected chi connectivity index (χ0v) is 14.2. The number of hydrogen-bond donors (Lipinski definition) is 0. The van der Waals surface area contributed by atoms with E-state index in [4.69, 9.17) is 12.2 Å². The van der Waals surface area contributed by atoms with E-state index in [0.717, 1.165) is 49.3 Å². The van der Waals surface area contributed by atoms with Crippen molar-refractivity contribution in [3.8, 4) is 0 Å². The molecule has 0 unspecified atom stereocenters. The van der Waals surface area contributed by atoms with Crippen molar-refractivity contribution < 1.29 is 0 Å². The fraction of sp³-hybridized carbons (Fsp3) is 0.562. The molecule has 1 aliphatic heterocycles. The van der Waals surface area contributed by atoms with Gasteiger partial charge in [-0.3, -0.25) is 4.90 Å². The second-order valence-electron chi connectivity index (χ2n) is 6.36. The fourth-order valence-electron chi connectivity index (χ4n) is 3.22. The molecule has 2 aliphatic rings. The van der Waals surface area contributed by atoms with E-state index in [1.807, 2.05) is 23.0 Å². The minimum atomic E-state index is 0.595. The molecule has 0 N–H and O–H groups in total. The van der Waals surface area contributed by atoms with Crippen molar-refractivity contribution in [1.82, 2.24) is 24.2 Å². The maximum atomic E-state index is 5.61. The van der Waals surface area contributed by atoms with Crippen LogP contribution in [0.4, 0.5) is 5.82 Å². The van der Waals surface area contributed by atoms with Crippen molar-refractivity contribution in [3.63, 3.8) is 0 Å². The molecule has 6 nitrogen and oxygen atoms in total. The van der Waals surface area contributed by atoms with Crippen molar-refractivity contribution in [3.05, 3.63) is 35.0 Å². The summed E-state index contributed by atoms with van der Waals surface area (Å²) in [4.78, 5) is 9.19. The molecule has 1 aliphatic carbocycles. The fourth-order valence-corrected chi connectivity index (χ4v) is 3.60. The van der Waals surface area contributed by atoms with Gasteiger partial charge in [-0.05, 0) is 44.1 Å². The Hall–Kier alpha value is -1.73. The molecular weight excluding hydrogens is 308 g/mol. The molecule has 3 heterocycles. The van der Waals surface area contributed by atoms with E-state index in [1.165, 1.54) is 12.8 Å². The Morgan fingerprint density at radius 2 is 1.96 bits per heavy atom. The Labute approximate surface area is 141 Å². The van der Waals surface area contributed by atoms with E-state index in [9.17, 15) is 0 Å². The van der Waals surface area contributed by atoms with Gasteiger partial charge >= 0.3 is 0 Å². The highest BCUT2D eigenvalue weighted by atomic mass is 32.1. The second kappa shape index (κ2) is 6.05. The van der Waals surface area contributed by atoms with Crippen molar-refractivity contribution in [2.75, 3.05) is 31.1 Å². The Morgan fingerprint density at radius 1 is 1.17 bits per heavy atom. The van der Waals surface area contributed by atoms with Crippen LogP contribution in [0.15, 0.2) is 24.4 Å². The molecule has 23 heavy (non-hydrogen) atoms. The van der Waals surface area contributed by atoms with Gasteiger partial charge in [-0.1, -0.05) is 6.07 Å². The van der Waals surface area contributed by atoms with Crippen LogP contribution < -0.4 is 4.90 Å². The Kier molecular flexibility index (Phi) is 3.90. The van der Waals surface area contributed by atoms with Gasteiger partial charge in [0.15, 0.2) is 4.77 Å². The molecule has 7 heteroatoms. The molecule has 1 saturated carbocycles. The molecular formula is C16H22N6S. The molecule has 2 fully saturated rings. The summed E-state index contributed by atoms with van der Waals surface area (Å²) < 4.78 is 5.08. The molecule has 2 aromatic heterocycles. The van der Waals surface area contributed by atoms with Crippen LogP contribution in [-0.2, 0) is 6.67 Å². The Balaban J connectivity index is 1.40. The lowest BCUT2D eigenvalue weighted by molar-refractivity contribution is 0.193. The van der Waals surface area contributed by atoms with Crippen LogP contribution >= 0.6 is 12.2 Å². The standard InChI is InChI=1S/C16H22N6S/c1-13-18-21(16(23)22(13)14-5-6-14)12-19-8-10-20(11-9-19)15-4-2-3-7-17-15/h2-4,7,14H,5-6,8-12H2,1H3. The molecule has 0 bridgehead atoms. The molecule has 1 saturated heterocycles. The van der Waals surface area contributed by atoms with Gasteiger partial charge < -0.3 is 9.47 Å². The normalized spacial score (nSPS) is 19.3. The summed E-state index contributed by atoms with van der Waals surface area (Å²) in [7, 11) is 0. The van der Waals surface area contributed by atoms with Crippen LogP contribution in [0.3, 0.4) is 0 Å². The number of piperazine rings is 1. The first-order chi connectivity index (χ1) is 11.2. The van der Waals surface area contributed by atoms with Crippen molar-refractivity contribution in [2.24, 2.45) is 0 Å². The third-order valence-electron chi connectivity index (χ3n) is 4.63. The van der Waals surface area contributed by atoms with Crippen LogP contribution in [0.25, 0.3) is 0 Å². The maximum Gasteiger partial charge on any atom is 0.199 e. The Bertz CT molecular complexity index is 725. The summed E-state index contributed by atoms with van der Waals surface area (Å²) in [6.07, 6.45) is 4.33. The number of anilines is 1. The van der Waals surface area contributed by atoms with Gasteiger partial charge in [0.1, 0.15) is 11.6 Å². The first-order valence-electron chi connectivity index (χ1n) is 8.26. The number of hydrogen-bond acceptors (Lipinski definition) is 5. The highest BCUT2D eigenvalue weighted by Crippen LogP contribution is 2.35. The first kappa shape index (κ1) is 14.8. The van der Waals surface area contributed by atoms with E-state index in [0.29, 0.717) is 6.04 Å². The molecule has 122 valence electrons. The molecule has 0 amide bonds. The average Bonchev–Trinajstić information content (AvgIpc) is 3.36. The predicted molar refractivity (Wildman–Crippen MR) is 92.1 cm³/mol. The molecule has 0 atom stereocenters. The largest absolute Gasteiger partial charge is 0.354 e. The molecule has 0 aromatic carbocycles. The van der Waals surface area contributed by atoms with Crippen molar-refractivity contribution >= 4 is 18.0 Å². The number of aryl methyl sites for hydroxylation is 1. The van der Waals surface area contributed by atoms with E-state index >= 15 is 0 Å². The van der Waals surface area contributed by atoms with E-state index in [2.05, 4.69) is 37.4 Å². The quantitative estimate of drug-likeness (QED) is 0.804. The second-order valence-corrected chi connectivity index (χ2v) is 6.73. The monoisotopic (exact) mass is 330 g/mol. The molecule has 4 rings (SSSR count). The van der Waals surface area contributed by atoms with Crippen LogP contribution in [0, 0.1) is 11.7 Å². The van der Waals surface area contributed by atoms with Crippen LogP contribution in [0.1, 0.15) is 24.7 Å². The topological polar surface area (TPSA) is 42.1 Å². The van der Waals surface area contributed by atoms with Gasteiger partial charge in [-0.15, -0.1) is 0 Å². The summed E-state index contributed by atoms with van der Waals surface area (Å²) >= 11 is 5.61. The minimum absolute atomic E-state index is 0.595. The smallest absolute Gasteiger partial charge is 0.199 e. The van der Waals surface area contributed by atoms with Crippen molar-refractivity contribution in [1.29, 1.82) is 0 Å². The summed E-state index contributed by atoms with van der Waals surface area (Å²) in [5.41, 5.74) is 0. The Morgan fingerprint density at radius 3 is 2.61 bits per heavy atom. The van der Waals surface area contributed by atoms with Crippen LogP contribution in [0.5, 0.6) is 0 Å². The highest BCUT2D eigenvalue weighted by molar-refractivity contribution is 7.71. The van der Waals surface area contributed by atoms with Crippen LogP contribution in [0.2, 0.25) is 0 Å². The third kappa shape index (κ3) is 3.03. The minimum Gasteiger partial charge on any atom is -0.354 e. The lowest BCUT2D eigenvalue weighted by Crippen LogP contribution is -2.47. The van der Waals surface area contributed by atoms with E-state index in [1.54, 1.807) is 0 Å². The summed E-state index contributed by atoms with van der Waals surface area (Å²) in [6, 6.07) is 6.67. The SMILES string of the molecule is Cc1nn(CN2CCN(c3ccccn3)CC2)c(=S)n1C1CC1. The van der Waals surface area contributed by atoms with E-state index < -0.39 is 0 Å². The zero-order chi connectivity index (χ0) is 15.8. The molecule has 2 aromatic rings. The van der Waals surface area contributed by atoms with Crippen molar-refractivity contribution in [2.45, 2.75) is 32.5 Å². The summed E-state index contributed by atoms with van der Waals surface area (Å²) in [5.74, 6) is 2.11. The third-order valence-corrected chi connectivity index (χ3v) is 5.04. The molecule has 0 radical (unpaired) electrons. The first-order valence-corrected chi connectivity index (χ1v) is 8.67. The summed E-state index contributed by atoms with van der Waals surface area (Å²) in [5, 5.41) is 4.65. The van der Waals surface area contributed by atoms with Gasteiger partial charge in [-0.2, -0.15) is 5.10 Å². The van der Waals surface area contributed by atoms with Gasteiger partial charge in [-0.25, -0.2) is 9.67 Å². The zero-order valence-electron chi connectivity index (χ0n) is 13.4. The van der Waals surface area contributed by atoms with Gasteiger partial charge in [0.25, 0.3) is 0 Å². The average molecular weight is 330 g/mol. The number of nitrogens with zero attached hydrogens (tertiary/aromatic N) is 6. The maximum absolute atomic E-state index is 5.61. The van der Waals surface area contributed by atoms with Gasteiger partial charge in [0.05, 0.1) is 6.67 Å². The van der Waals surface area contributed by atoms with Crippen LogP contribution in [-0.4, -0.2) is 50.4 Å². The number of pyridine rings is 1. The van der Waals surface area contributed by atoms with Gasteiger partial charge in [0, 0.05) is 38.4 Å². The number of rotatable bonds is 4. The summed E-state index contributed by atoms with van der Waals surface area (Å²) in [6.45, 7) is 6.85. The van der Waals surface area contributed by atoms with E-state index in [-0.39, 0.29) is 0 Å². The predicted octanol–water partition coefficient (Wildman–Crippen LogP) is 2.23.